The first-order valence-corrected chi connectivity index (χ1v) is 7.62. The van der Waals surface area contributed by atoms with Crippen LogP contribution in [0.25, 0.3) is 0 Å². The molecule has 130 valence electrons. The molecule has 24 heavy (non-hydrogen) atoms. The highest BCUT2D eigenvalue weighted by molar-refractivity contribution is 5.89. The minimum Gasteiger partial charge on any atom is -0.466 e. The molecular weight excluding hydrogens is 310 g/mol. The van der Waals surface area contributed by atoms with Crippen molar-refractivity contribution in [3.05, 3.63) is 51.3 Å². The van der Waals surface area contributed by atoms with E-state index in [4.69, 9.17) is 4.42 Å². The molecule has 2 amide bonds. The van der Waals surface area contributed by atoms with E-state index in [2.05, 4.69) is 10.6 Å². The summed E-state index contributed by atoms with van der Waals surface area (Å²) in [6.07, 6.45) is 1.55. The van der Waals surface area contributed by atoms with Gasteiger partial charge >= 0.3 is 6.03 Å². The van der Waals surface area contributed by atoms with Crippen LogP contribution in [0.2, 0.25) is 0 Å². The zero-order chi connectivity index (χ0) is 18.1. The Hall–Kier alpha value is -2.54. The molecule has 0 aromatic carbocycles. The fourth-order valence-electron chi connectivity index (χ4n) is 2.53. The Labute approximate surface area is 140 Å². The van der Waals surface area contributed by atoms with Crippen LogP contribution in [0.5, 0.6) is 0 Å². The molecule has 0 aliphatic heterocycles. The Morgan fingerprint density at radius 2 is 2.00 bits per heavy atom. The molecule has 1 atom stereocenters. The number of pyridine rings is 1. The number of carbonyl (C=O) groups excluding carboxylic acids is 1. The monoisotopic (exact) mass is 333 g/mol. The van der Waals surface area contributed by atoms with E-state index >= 15 is 0 Å². The average molecular weight is 333 g/mol. The van der Waals surface area contributed by atoms with Gasteiger partial charge in [0.15, 0.2) is 0 Å². The van der Waals surface area contributed by atoms with Gasteiger partial charge in [-0.15, -0.1) is 0 Å². The van der Waals surface area contributed by atoms with E-state index in [9.17, 15) is 14.7 Å². The van der Waals surface area contributed by atoms with E-state index in [0.717, 1.165) is 0 Å². The summed E-state index contributed by atoms with van der Waals surface area (Å²) >= 11 is 0. The van der Waals surface area contributed by atoms with Crippen LogP contribution in [0.1, 0.15) is 29.6 Å². The van der Waals surface area contributed by atoms with E-state index in [1.165, 1.54) is 10.6 Å². The number of rotatable bonds is 4. The van der Waals surface area contributed by atoms with Gasteiger partial charge in [-0.25, -0.2) is 4.79 Å². The Kier molecular flexibility index (Phi) is 4.84. The predicted octanol–water partition coefficient (Wildman–Crippen LogP) is 1.93. The average Bonchev–Trinajstić information content (AvgIpc) is 2.82. The maximum absolute atomic E-state index is 12.1. The van der Waals surface area contributed by atoms with Crippen LogP contribution in [0.15, 0.2) is 27.5 Å². The van der Waals surface area contributed by atoms with Crippen LogP contribution >= 0.6 is 0 Å². The van der Waals surface area contributed by atoms with Crippen molar-refractivity contribution >= 4 is 11.7 Å². The van der Waals surface area contributed by atoms with Crippen molar-refractivity contribution in [2.24, 2.45) is 7.05 Å². The molecule has 3 N–H and O–H groups in total. The van der Waals surface area contributed by atoms with Gasteiger partial charge in [-0.05, 0) is 39.3 Å². The van der Waals surface area contributed by atoms with E-state index in [-0.39, 0.29) is 12.1 Å². The van der Waals surface area contributed by atoms with Crippen molar-refractivity contribution in [1.82, 2.24) is 9.88 Å². The fraction of sp³-hybridized carbons (Fsp3) is 0.412. The lowest BCUT2D eigenvalue weighted by molar-refractivity contribution is 0.0584. The number of aliphatic hydroxyl groups is 1. The Morgan fingerprint density at radius 1 is 1.33 bits per heavy atom. The first-order chi connectivity index (χ1) is 11.1. The van der Waals surface area contributed by atoms with E-state index in [0.29, 0.717) is 28.3 Å². The van der Waals surface area contributed by atoms with Crippen LogP contribution in [-0.2, 0) is 12.6 Å². The molecule has 0 bridgehead atoms. The topological polar surface area (TPSA) is 96.5 Å². The normalized spacial score (nSPS) is 13.4. The molecule has 7 heteroatoms. The van der Waals surface area contributed by atoms with Gasteiger partial charge < -0.3 is 24.7 Å². The molecule has 7 nitrogen and oxygen atoms in total. The number of nitrogens with zero attached hydrogens (tertiary/aromatic N) is 1. The van der Waals surface area contributed by atoms with Crippen LogP contribution in [0, 0.1) is 20.8 Å². The third-order valence-electron chi connectivity index (χ3n) is 3.90. The predicted molar refractivity (Wildman–Crippen MR) is 91.2 cm³/mol. The molecule has 0 saturated carbocycles. The van der Waals surface area contributed by atoms with Gasteiger partial charge in [0.2, 0.25) is 0 Å². The van der Waals surface area contributed by atoms with Crippen LogP contribution in [0.3, 0.4) is 0 Å². The number of nitrogens with one attached hydrogen (secondary N) is 2. The minimum atomic E-state index is -1.25. The lowest BCUT2D eigenvalue weighted by atomic mass is 9.96. The van der Waals surface area contributed by atoms with E-state index in [1.54, 1.807) is 47.0 Å². The van der Waals surface area contributed by atoms with Gasteiger partial charge in [-0.1, -0.05) is 0 Å². The lowest BCUT2D eigenvalue weighted by Crippen LogP contribution is -2.41. The highest BCUT2D eigenvalue weighted by Crippen LogP contribution is 2.26. The van der Waals surface area contributed by atoms with Crippen molar-refractivity contribution in [2.45, 2.75) is 33.3 Å². The molecule has 0 aliphatic rings. The van der Waals surface area contributed by atoms with Crippen molar-refractivity contribution in [1.29, 1.82) is 0 Å². The van der Waals surface area contributed by atoms with Crippen LogP contribution < -0.4 is 16.2 Å². The zero-order valence-electron chi connectivity index (χ0n) is 14.6. The summed E-state index contributed by atoms with van der Waals surface area (Å²) < 4.78 is 6.81. The second-order valence-corrected chi connectivity index (χ2v) is 6.23. The number of hydrogen-bond acceptors (Lipinski definition) is 4. The summed E-state index contributed by atoms with van der Waals surface area (Å²) in [6.45, 7) is 6.94. The third-order valence-corrected chi connectivity index (χ3v) is 3.90. The van der Waals surface area contributed by atoms with Crippen LogP contribution in [0.4, 0.5) is 10.5 Å². The molecule has 0 radical (unpaired) electrons. The molecular formula is C17H23N3O4. The number of anilines is 1. The standard InChI is InChI=1S/C17H23N3O4/c1-10-6-15(21)20(5)8-14(10)19-16(22)18-9-17(4,23)13-7-11(2)24-12(13)3/h6-8,23H,9H2,1-5H3,(H2,18,19,22). The van der Waals surface area contributed by atoms with Crippen molar-refractivity contribution in [2.75, 3.05) is 11.9 Å². The first-order valence-electron chi connectivity index (χ1n) is 7.62. The molecule has 2 aromatic rings. The summed E-state index contributed by atoms with van der Waals surface area (Å²) in [5.41, 5.74) is 0.439. The summed E-state index contributed by atoms with van der Waals surface area (Å²) in [7, 11) is 1.61. The third kappa shape index (κ3) is 3.86. The molecule has 2 rings (SSSR count). The van der Waals surface area contributed by atoms with Gasteiger partial charge in [0, 0.05) is 24.9 Å². The number of aromatic nitrogens is 1. The fourth-order valence-corrected chi connectivity index (χ4v) is 2.53. The first kappa shape index (κ1) is 17.8. The van der Waals surface area contributed by atoms with Gasteiger partial charge in [0.1, 0.15) is 17.1 Å². The summed E-state index contributed by atoms with van der Waals surface area (Å²) in [6, 6.07) is 2.74. The van der Waals surface area contributed by atoms with E-state index in [1.807, 2.05) is 0 Å². The molecule has 0 aliphatic carbocycles. The lowest BCUT2D eigenvalue weighted by Gasteiger charge is -2.23. The van der Waals surface area contributed by atoms with Gasteiger partial charge in [-0.3, -0.25) is 4.79 Å². The minimum absolute atomic E-state index is 0.0173. The smallest absolute Gasteiger partial charge is 0.319 e. The summed E-state index contributed by atoms with van der Waals surface area (Å²) in [5.74, 6) is 1.32. The number of furan rings is 1. The molecule has 0 spiro atoms. The number of carbonyl (C=O) groups is 1. The Balaban J connectivity index is 2.04. The Bertz CT molecular complexity index is 818. The van der Waals surface area contributed by atoms with Gasteiger partial charge in [-0.2, -0.15) is 0 Å². The highest BCUT2D eigenvalue weighted by atomic mass is 16.3. The second-order valence-electron chi connectivity index (χ2n) is 6.23. The van der Waals surface area contributed by atoms with Crippen LogP contribution in [-0.4, -0.2) is 22.2 Å². The maximum atomic E-state index is 12.1. The summed E-state index contributed by atoms with van der Waals surface area (Å²) in [4.78, 5) is 23.6. The number of urea groups is 1. The maximum Gasteiger partial charge on any atom is 0.319 e. The summed E-state index contributed by atoms with van der Waals surface area (Å²) in [5, 5.41) is 15.9. The van der Waals surface area contributed by atoms with Gasteiger partial charge in [0.05, 0.1) is 12.2 Å². The second kappa shape index (κ2) is 6.52. The molecule has 2 aromatic heterocycles. The number of aryl methyl sites for hydroxylation is 4. The highest BCUT2D eigenvalue weighted by Gasteiger charge is 2.28. The largest absolute Gasteiger partial charge is 0.466 e. The SMILES string of the molecule is Cc1cc(C(C)(O)CNC(=O)Nc2cn(C)c(=O)cc2C)c(C)o1. The quantitative estimate of drug-likeness (QED) is 0.796. The molecule has 2 heterocycles. The van der Waals surface area contributed by atoms with Crippen molar-refractivity contribution < 1.29 is 14.3 Å². The zero-order valence-corrected chi connectivity index (χ0v) is 14.6. The molecule has 0 saturated heterocycles. The molecule has 0 fully saturated rings. The number of hydrogen-bond donors (Lipinski definition) is 3. The van der Waals surface area contributed by atoms with Crippen molar-refractivity contribution in [3.63, 3.8) is 0 Å². The Morgan fingerprint density at radius 3 is 2.58 bits per heavy atom. The number of amides is 2. The van der Waals surface area contributed by atoms with E-state index < -0.39 is 11.6 Å². The van der Waals surface area contributed by atoms with Crippen molar-refractivity contribution in [3.8, 4) is 0 Å². The molecule has 1 unspecified atom stereocenters. The van der Waals surface area contributed by atoms with Gasteiger partial charge in [0.25, 0.3) is 5.56 Å².